The third kappa shape index (κ3) is 4.52. The Morgan fingerprint density at radius 3 is 2.35 bits per heavy atom. The largest absolute Gasteiger partial charge is 0.356 e. The number of hydrogen-bond donors (Lipinski definition) is 2. The predicted octanol–water partition coefficient (Wildman–Crippen LogP) is 2.50. The molecular weight excluding hydrogens is 352 g/mol. The second-order valence-electron chi connectivity index (χ2n) is 6.09. The standard InChI is InChI=1S/C19H21ClN4O2/c20-15-7-5-14(6-8-15)18(25)22-10-11-23-19(26)16-4-3-9-21-17(16)24-12-1-2-13-24/h3-9H,1-2,10-13H2,(H,22,25)(H,23,26). The zero-order chi connectivity index (χ0) is 18.4. The number of amides is 2. The molecule has 0 spiro atoms. The molecule has 2 heterocycles. The Balaban J connectivity index is 1.50. The van der Waals surface area contributed by atoms with Gasteiger partial charge in [0.05, 0.1) is 5.56 Å². The summed E-state index contributed by atoms with van der Waals surface area (Å²) in [5.41, 5.74) is 1.10. The van der Waals surface area contributed by atoms with E-state index in [1.54, 1.807) is 42.6 Å². The highest BCUT2D eigenvalue weighted by Gasteiger charge is 2.20. The Kier molecular flexibility index (Phi) is 6.07. The summed E-state index contributed by atoms with van der Waals surface area (Å²) >= 11 is 5.81. The van der Waals surface area contributed by atoms with Gasteiger partial charge < -0.3 is 15.5 Å². The van der Waals surface area contributed by atoms with Crippen molar-refractivity contribution in [3.63, 3.8) is 0 Å². The molecule has 2 N–H and O–H groups in total. The highest BCUT2D eigenvalue weighted by atomic mass is 35.5. The van der Waals surface area contributed by atoms with E-state index in [9.17, 15) is 9.59 Å². The van der Waals surface area contributed by atoms with Crippen molar-refractivity contribution in [2.24, 2.45) is 0 Å². The normalized spacial score (nSPS) is 13.5. The van der Waals surface area contributed by atoms with Crippen molar-refractivity contribution in [2.75, 3.05) is 31.1 Å². The van der Waals surface area contributed by atoms with Gasteiger partial charge in [-0.25, -0.2) is 4.98 Å². The molecule has 0 aliphatic carbocycles. The average Bonchev–Trinajstić information content (AvgIpc) is 3.20. The van der Waals surface area contributed by atoms with Crippen LogP contribution in [0.2, 0.25) is 5.02 Å². The van der Waals surface area contributed by atoms with E-state index in [0.29, 0.717) is 29.2 Å². The van der Waals surface area contributed by atoms with Crippen LogP contribution in [0.1, 0.15) is 33.6 Å². The van der Waals surface area contributed by atoms with Crippen molar-refractivity contribution < 1.29 is 9.59 Å². The maximum Gasteiger partial charge on any atom is 0.255 e. The Hall–Kier alpha value is -2.60. The lowest BCUT2D eigenvalue weighted by Gasteiger charge is -2.19. The summed E-state index contributed by atoms with van der Waals surface area (Å²) in [6.45, 7) is 2.53. The zero-order valence-electron chi connectivity index (χ0n) is 14.4. The maximum absolute atomic E-state index is 12.5. The number of halogens is 1. The van der Waals surface area contributed by atoms with Crippen LogP contribution in [0.4, 0.5) is 5.82 Å². The first-order valence-corrected chi connectivity index (χ1v) is 9.05. The molecule has 136 valence electrons. The van der Waals surface area contributed by atoms with E-state index in [-0.39, 0.29) is 11.8 Å². The van der Waals surface area contributed by atoms with Gasteiger partial charge in [0.25, 0.3) is 11.8 Å². The fourth-order valence-electron chi connectivity index (χ4n) is 2.91. The number of carbonyl (C=O) groups excluding carboxylic acids is 2. The summed E-state index contributed by atoms with van der Waals surface area (Å²) in [5.74, 6) is 0.350. The van der Waals surface area contributed by atoms with Gasteiger partial charge in [-0.3, -0.25) is 9.59 Å². The number of pyridine rings is 1. The van der Waals surface area contributed by atoms with Gasteiger partial charge >= 0.3 is 0 Å². The molecule has 1 fully saturated rings. The summed E-state index contributed by atoms with van der Waals surface area (Å²) in [7, 11) is 0. The molecule has 3 rings (SSSR count). The van der Waals surface area contributed by atoms with Crippen molar-refractivity contribution in [1.29, 1.82) is 0 Å². The smallest absolute Gasteiger partial charge is 0.255 e. The Morgan fingerprint density at radius 1 is 1.00 bits per heavy atom. The minimum absolute atomic E-state index is 0.180. The monoisotopic (exact) mass is 372 g/mol. The lowest BCUT2D eigenvalue weighted by atomic mass is 10.2. The number of anilines is 1. The number of aromatic nitrogens is 1. The number of rotatable bonds is 6. The molecule has 0 saturated carbocycles. The third-order valence-corrected chi connectivity index (χ3v) is 4.49. The molecular formula is C19H21ClN4O2. The van der Waals surface area contributed by atoms with Crippen molar-refractivity contribution in [1.82, 2.24) is 15.6 Å². The topological polar surface area (TPSA) is 74.3 Å². The summed E-state index contributed by atoms with van der Waals surface area (Å²) < 4.78 is 0. The van der Waals surface area contributed by atoms with Gasteiger partial charge in [0, 0.05) is 43.0 Å². The molecule has 0 radical (unpaired) electrons. The number of nitrogens with one attached hydrogen (secondary N) is 2. The minimum atomic E-state index is -0.199. The number of nitrogens with zero attached hydrogens (tertiary/aromatic N) is 2. The fourth-order valence-corrected chi connectivity index (χ4v) is 3.03. The van der Waals surface area contributed by atoms with E-state index >= 15 is 0 Å². The van der Waals surface area contributed by atoms with Crippen LogP contribution in [0.5, 0.6) is 0 Å². The van der Waals surface area contributed by atoms with Crippen molar-refractivity contribution in [3.05, 3.63) is 58.7 Å². The highest BCUT2D eigenvalue weighted by molar-refractivity contribution is 6.30. The average molecular weight is 373 g/mol. The van der Waals surface area contributed by atoms with E-state index in [4.69, 9.17) is 11.6 Å². The molecule has 1 aromatic heterocycles. The predicted molar refractivity (Wildman–Crippen MR) is 102 cm³/mol. The fraction of sp³-hybridized carbons (Fsp3) is 0.316. The van der Waals surface area contributed by atoms with Gasteiger partial charge in [-0.1, -0.05) is 11.6 Å². The van der Waals surface area contributed by atoms with Crippen molar-refractivity contribution >= 4 is 29.2 Å². The molecule has 0 bridgehead atoms. The maximum atomic E-state index is 12.5. The lowest BCUT2D eigenvalue weighted by molar-refractivity contribution is 0.0927. The van der Waals surface area contributed by atoms with Gasteiger partial charge in [-0.05, 0) is 49.2 Å². The Morgan fingerprint density at radius 2 is 1.65 bits per heavy atom. The second kappa shape index (κ2) is 8.67. The van der Waals surface area contributed by atoms with Crippen LogP contribution in [0.25, 0.3) is 0 Å². The minimum Gasteiger partial charge on any atom is -0.356 e. The Labute approximate surface area is 157 Å². The van der Waals surface area contributed by atoms with E-state index < -0.39 is 0 Å². The molecule has 26 heavy (non-hydrogen) atoms. The van der Waals surface area contributed by atoms with Gasteiger partial charge in [0.15, 0.2) is 0 Å². The molecule has 2 aromatic rings. The van der Waals surface area contributed by atoms with Gasteiger partial charge in [0.1, 0.15) is 5.82 Å². The highest BCUT2D eigenvalue weighted by Crippen LogP contribution is 2.21. The first-order valence-electron chi connectivity index (χ1n) is 8.67. The zero-order valence-corrected chi connectivity index (χ0v) is 15.1. The number of benzene rings is 1. The molecule has 1 aliphatic rings. The lowest BCUT2D eigenvalue weighted by Crippen LogP contribution is -2.35. The van der Waals surface area contributed by atoms with Gasteiger partial charge in [0.2, 0.25) is 0 Å². The van der Waals surface area contributed by atoms with E-state index in [1.165, 1.54) is 0 Å². The van der Waals surface area contributed by atoms with Crippen LogP contribution in [-0.2, 0) is 0 Å². The molecule has 1 aromatic carbocycles. The van der Waals surface area contributed by atoms with Crippen LogP contribution in [0.15, 0.2) is 42.6 Å². The molecule has 6 nitrogen and oxygen atoms in total. The summed E-state index contributed by atoms with van der Waals surface area (Å²) in [5, 5.41) is 6.19. The third-order valence-electron chi connectivity index (χ3n) is 4.24. The first-order chi connectivity index (χ1) is 12.6. The number of hydrogen-bond acceptors (Lipinski definition) is 4. The van der Waals surface area contributed by atoms with Gasteiger partial charge in [-0.2, -0.15) is 0 Å². The molecule has 1 aliphatic heterocycles. The van der Waals surface area contributed by atoms with Crippen molar-refractivity contribution in [2.45, 2.75) is 12.8 Å². The Bertz CT molecular complexity index is 773. The van der Waals surface area contributed by atoms with Crippen LogP contribution in [0, 0.1) is 0 Å². The van der Waals surface area contributed by atoms with E-state index in [2.05, 4.69) is 20.5 Å². The summed E-state index contributed by atoms with van der Waals surface area (Å²) in [4.78, 5) is 31.0. The van der Waals surface area contributed by atoms with Crippen molar-refractivity contribution in [3.8, 4) is 0 Å². The van der Waals surface area contributed by atoms with Crippen LogP contribution in [0.3, 0.4) is 0 Å². The van der Waals surface area contributed by atoms with Gasteiger partial charge in [-0.15, -0.1) is 0 Å². The molecule has 0 unspecified atom stereocenters. The van der Waals surface area contributed by atoms with Crippen LogP contribution < -0.4 is 15.5 Å². The van der Waals surface area contributed by atoms with E-state index in [1.807, 2.05) is 0 Å². The molecule has 0 atom stereocenters. The summed E-state index contributed by atoms with van der Waals surface area (Å²) in [6.07, 6.45) is 3.94. The molecule has 1 saturated heterocycles. The molecule has 7 heteroatoms. The second-order valence-corrected chi connectivity index (χ2v) is 6.52. The number of carbonyl (C=O) groups is 2. The molecule has 2 amide bonds. The first kappa shape index (κ1) is 18.2. The van der Waals surface area contributed by atoms with E-state index in [0.717, 1.165) is 31.7 Å². The quantitative estimate of drug-likeness (QED) is 0.764. The van der Waals surface area contributed by atoms with Crippen LogP contribution in [-0.4, -0.2) is 43.0 Å². The summed E-state index contributed by atoms with van der Waals surface area (Å²) in [6, 6.07) is 10.2. The van der Waals surface area contributed by atoms with Crippen LogP contribution >= 0.6 is 11.6 Å². The SMILES string of the molecule is O=C(NCCNC(=O)c1cccnc1N1CCCC1)c1ccc(Cl)cc1.